The summed E-state index contributed by atoms with van der Waals surface area (Å²) in [6.07, 6.45) is 12.8. The minimum absolute atomic E-state index is 0.0379. The summed E-state index contributed by atoms with van der Waals surface area (Å²) in [6.45, 7) is 0. The maximum absolute atomic E-state index is 13.0. The van der Waals surface area contributed by atoms with Crippen molar-refractivity contribution in [1.82, 2.24) is 10.0 Å². The molecule has 0 spiro atoms. The summed E-state index contributed by atoms with van der Waals surface area (Å²) in [4.78, 5) is 12.9. The SMILES string of the molecule is COc1ccc(C(=O)NC2CCCCCCC2)cc1S(=O)(=O)NC1CCCCC1. The van der Waals surface area contributed by atoms with Crippen LogP contribution in [0.4, 0.5) is 0 Å². The predicted octanol–water partition coefficient (Wildman–Crippen LogP) is 4.15. The first-order chi connectivity index (χ1) is 14.0. The fraction of sp³-hybridized carbons (Fsp3) is 0.682. The fourth-order valence-corrected chi connectivity index (χ4v) is 5.90. The van der Waals surface area contributed by atoms with E-state index in [1.165, 1.54) is 32.4 Å². The Morgan fingerprint density at radius 2 is 1.45 bits per heavy atom. The summed E-state index contributed by atoms with van der Waals surface area (Å²) < 4.78 is 34.1. The van der Waals surface area contributed by atoms with Gasteiger partial charge in [-0.3, -0.25) is 4.79 Å². The van der Waals surface area contributed by atoms with E-state index in [2.05, 4.69) is 10.0 Å². The Labute approximate surface area is 174 Å². The van der Waals surface area contributed by atoms with Crippen molar-refractivity contribution >= 4 is 15.9 Å². The van der Waals surface area contributed by atoms with E-state index in [9.17, 15) is 13.2 Å². The van der Waals surface area contributed by atoms with Crippen LogP contribution in [0, 0.1) is 0 Å². The number of hydrogen-bond donors (Lipinski definition) is 2. The molecule has 1 amide bonds. The molecule has 6 nitrogen and oxygen atoms in total. The Kier molecular flexibility index (Phi) is 7.95. The summed E-state index contributed by atoms with van der Waals surface area (Å²) in [5, 5.41) is 3.11. The summed E-state index contributed by atoms with van der Waals surface area (Å²) in [6, 6.07) is 4.76. The molecule has 0 saturated heterocycles. The third kappa shape index (κ3) is 6.19. The number of rotatable bonds is 6. The zero-order valence-electron chi connectivity index (χ0n) is 17.4. The fourth-order valence-electron chi connectivity index (χ4n) is 4.40. The van der Waals surface area contributed by atoms with Gasteiger partial charge >= 0.3 is 0 Å². The molecular formula is C22H34N2O4S. The number of sulfonamides is 1. The van der Waals surface area contributed by atoms with Crippen LogP contribution in [-0.2, 0) is 10.0 Å². The van der Waals surface area contributed by atoms with Crippen molar-refractivity contribution in [3.8, 4) is 5.75 Å². The van der Waals surface area contributed by atoms with Crippen LogP contribution in [0.15, 0.2) is 23.1 Å². The molecule has 0 bridgehead atoms. The molecule has 2 fully saturated rings. The van der Waals surface area contributed by atoms with Gasteiger partial charge in [-0.15, -0.1) is 0 Å². The molecule has 1 aromatic rings. The molecule has 0 aromatic heterocycles. The monoisotopic (exact) mass is 422 g/mol. The highest BCUT2D eigenvalue weighted by atomic mass is 32.2. The molecule has 3 rings (SSSR count). The topological polar surface area (TPSA) is 84.5 Å². The Hall–Kier alpha value is -1.60. The van der Waals surface area contributed by atoms with E-state index < -0.39 is 10.0 Å². The quantitative estimate of drug-likeness (QED) is 0.721. The Bertz CT molecular complexity index is 780. The van der Waals surface area contributed by atoms with Crippen molar-refractivity contribution in [3.05, 3.63) is 23.8 Å². The average molecular weight is 423 g/mol. The largest absolute Gasteiger partial charge is 0.495 e. The van der Waals surface area contributed by atoms with Gasteiger partial charge in [0.1, 0.15) is 10.6 Å². The summed E-state index contributed by atoms with van der Waals surface area (Å²) in [7, 11) is -2.31. The molecule has 162 valence electrons. The lowest BCUT2D eigenvalue weighted by atomic mass is 9.96. The van der Waals surface area contributed by atoms with Gasteiger partial charge < -0.3 is 10.1 Å². The third-order valence-electron chi connectivity index (χ3n) is 6.08. The van der Waals surface area contributed by atoms with Crippen LogP contribution in [0.3, 0.4) is 0 Å². The van der Waals surface area contributed by atoms with Gasteiger partial charge in [0, 0.05) is 17.6 Å². The van der Waals surface area contributed by atoms with Crippen molar-refractivity contribution in [2.45, 2.75) is 94.0 Å². The number of carbonyl (C=O) groups is 1. The van der Waals surface area contributed by atoms with Crippen molar-refractivity contribution in [2.75, 3.05) is 7.11 Å². The molecule has 0 radical (unpaired) electrons. The predicted molar refractivity (Wildman–Crippen MR) is 114 cm³/mol. The smallest absolute Gasteiger partial charge is 0.251 e. The van der Waals surface area contributed by atoms with E-state index >= 15 is 0 Å². The minimum atomic E-state index is -3.76. The van der Waals surface area contributed by atoms with Crippen LogP contribution in [0.1, 0.15) is 87.4 Å². The van der Waals surface area contributed by atoms with Gasteiger partial charge in [0.15, 0.2) is 0 Å². The summed E-state index contributed by atoms with van der Waals surface area (Å²) in [5.41, 5.74) is 0.358. The highest BCUT2D eigenvalue weighted by molar-refractivity contribution is 7.89. The Balaban J connectivity index is 1.75. The van der Waals surface area contributed by atoms with E-state index in [0.717, 1.165) is 57.8 Å². The Morgan fingerprint density at radius 3 is 2.07 bits per heavy atom. The first-order valence-corrected chi connectivity index (χ1v) is 12.5. The van der Waals surface area contributed by atoms with E-state index in [1.807, 2.05) is 0 Å². The van der Waals surface area contributed by atoms with Crippen LogP contribution < -0.4 is 14.8 Å². The molecule has 2 aliphatic carbocycles. The summed E-state index contributed by atoms with van der Waals surface area (Å²) in [5.74, 6) is 0.0446. The zero-order valence-corrected chi connectivity index (χ0v) is 18.2. The van der Waals surface area contributed by atoms with Crippen LogP contribution >= 0.6 is 0 Å². The van der Waals surface area contributed by atoms with Crippen molar-refractivity contribution < 1.29 is 17.9 Å². The molecule has 1 aromatic carbocycles. The van der Waals surface area contributed by atoms with Gasteiger partial charge in [-0.05, 0) is 43.9 Å². The van der Waals surface area contributed by atoms with Gasteiger partial charge in [-0.2, -0.15) is 0 Å². The van der Waals surface area contributed by atoms with Gasteiger partial charge in [0.25, 0.3) is 5.91 Å². The van der Waals surface area contributed by atoms with Crippen LogP contribution in [-0.4, -0.2) is 33.5 Å². The van der Waals surface area contributed by atoms with Crippen LogP contribution in [0.5, 0.6) is 5.75 Å². The lowest BCUT2D eigenvalue weighted by Gasteiger charge is -2.23. The maximum Gasteiger partial charge on any atom is 0.251 e. The number of carbonyl (C=O) groups excluding carboxylic acids is 1. The van der Waals surface area contributed by atoms with Gasteiger partial charge in [-0.25, -0.2) is 13.1 Å². The normalized spacial score (nSPS) is 19.9. The second kappa shape index (κ2) is 10.4. The van der Waals surface area contributed by atoms with Gasteiger partial charge in [0.05, 0.1) is 7.11 Å². The lowest BCUT2D eigenvalue weighted by Crippen LogP contribution is -2.37. The minimum Gasteiger partial charge on any atom is -0.495 e. The van der Waals surface area contributed by atoms with Gasteiger partial charge in [0.2, 0.25) is 10.0 Å². The van der Waals surface area contributed by atoms with E-state index in [-0.39, 0.29) is 28.6 Å². The molecule has 0 heterocycles. The third-order valence-corrected chi connectivity index (χ3v) is 7.62. The standard InChI is InChI=1S/C22H34N2O4S/c1-28-20-15-14-17(22(25)23-18-10-6-3-2-4-7-11-18)16-21(20)29(26,27)24-19-12-8-5-9-13-19/h14-16,18-19,24H,2-13H2,1H3,(H,23,25). The molecule has 29 heavy (non-hydrogen) atoms. The second-order valence-electron chi connectivity index (χ2n) is 8.34. The number of methoxy groups -OCH3 is 1. The first kappa shape index (κ1) is 22.1. The molecule has 7 heteroatoms. The molecule has 0 atom stereocenters. The molecule has 2 aliphatic rings. The van der Waals surface area contributed by atoms with E-state index in [1.54, 1.807) is 12.1 Å². The second-order valence-corrected chi connectivity index (χ2v) is 10.0. The molecular weight excluding hydrogens is 388 g/mol. The average Bonchev–Trinajstić information content (AvgIpc) is 2.69. The number of amides is 1. The van der Waals surface area contributed by atoms with Crippen molar-refractivity contribution in [3.63, 3.8) is 0 Å². The number of hydrogen-bond acceptors (Lipinski definition) is 4. The first-order valence-electron chi connectivity index (χ1n) is 11.0. The Morgan fingerprint density at radius 1 is 0.897 bits per heavy atom. The molecule has 2 N–H and O–H groups in total. The van der Waals surface area contributed by atoms with Crippen LogP contribution in [0.25, 0.3) is 0 Å². The van der Waals surface area contributed by atoms with Gasteiger partial charge in [-0.1, -0.05) is 51.4 Å². The van der Waals surface area contributed by atoms with Crippen molar-refractivity contribution in [2.24, 2.45) is 0 Å². The molecule has 2 saturated carbocycles. The maximum atomic E-state index is 13.0. The van der Waals surface area contributed by atoms with Crippen LogP contribution in [0.2, 0.25) is 0 Å². The highest BCUT2D eigenvalue weighted by Crippen LogP contribution is 2.27. The van der Waals surface area contributed by atoms with Crippen molar-refractivity contribution in [1.29, 1.82) is 0 Å². The number of benzene rings is 1. The van der Waals surface area contributed by atoms with E-state index in [0.29, 0.717) is 5.56 Å². The molecule has 0 unspecified atom stereocenters. The highest BCUT2D eigenvalue weighted by Gasteiger charge is 2.26. The molecule has 0 aliphatic heterocycles. The van der Waals surface area contributed by atoms with E-state index in [4.69, 9.17) is 4.74 Å². The lowest BCUT2D eigenvalue weighted by molar-refractivity contribution is 0.0930. The number of nitrogens with one attached hydrogen (secondary N) is 2. The zero-order chi connectivity index (χ0) is 20.7. The summed E-state index contributed by atoms with van der Waals surface area (Å²) >= 11 is 0. The number of ether oxygens (including phenoxy) is 1.